The highest BCUT2D eigenvalue weighted by atomic mass is 32.2. The lowest BCUT2D eigenvalue weighted by atomic mass is 9.94. The molecule has 2 N–H and O–H groups in total. The highest BCUT2D eigenvalue weighted by molar-refractivity contribution is 7.99. The number of aromatic nitrogens is 3. The molecule has 32 heavy (non-hydrogen) atoms. The summed E-state index contributed by atoms with van der Waals surface area (Å²) in [6.45, 7) is 8.40. The van der Waals surface area contributed by atoms with Crippen LogP contribution in [0, 0.1) is 6.92 Å². The molecule has 0 saturated carbocycles. The highest BCUT2D eigenvalue weighted by Crippen LogP contribution is 2.40. The molecule has 0 unspecified atom stereocenters. The Morgan fingerprint density at radius 3 is 2.66 bits per heavy atom. The normalized spacial score (nSPS) is 15.2. The Balaban J connectivity index is 1.83. The Morgan fingerprint density at radius 2 is 1.91 bits per heavy atom. The first-order valence-electron chi connectivity index (χ1n) is 10.7. The molecule has 1 aliphatic heterocycles. The number of allylic oxidation sites excluding steroid dienone is 1. The third-order valence-corrected chi connectivity index (χ3v) is 5.98. The van der Waals surface area contributed by atoms with Gasteiger partial charge in [0.25, 0.3) is 5.91 Å². The third kappa shape index (κ3) is 4.23. The second-order valence-electron chi connectivity index (χ2n) is 7.40. The molecule has 0 radical (unpaired) electrons. The summed E-state index contributed by atoms with van der Waals surface area (Å²) < 4.78 is 7.71. The fraction of sp³-hybridized carbons (Fsp3) is 0.292. The van der Waals surface area contributed by atoms with Crippen LogP contribution >= 0.6 is 11.8 Å². The summed E-state index contributed by atoms with van der Waals surface area (Å²) in [6.07, 6.45) is 0. The number of carbonyl (C=O) groups excluding carboxylic acids is 1. The second kappa shape index (κ2) is 9.48. The van der Waals surface area contributed by atoms with E-state index in [0.717, 1.165) is 34.0 Å². The van der Waals surface area contributed by atoms with Crippen molar-refractivity contribution in [2.24, 2.45) is 0 Å². The lowest BCUT2D eigenvalue weighted by Crippen LogP contribution is -2.32. The number of ether oxygens (including phenoxy) is 1. The molecule has 1 amide bonds. The number of carbonyl (C=O) groups is 1. The van der Waals surface area contributed by atoms with E-state index in [-0.39, 0.29) is 5.91 Å². The number of nitrogens with zero attached hydrogens (tertiary/aromatic N) is 3. The molecule has 7 nitrogen and oxygen atoms in total. The van der Waals surface area contributed by atoms with Crippen molar-refractivity contribution in [3.8, 4) is 5.75 Å². The van der Waals surface area contributed by atoms with Gasteiger partial charge in [0.1, 0.15) is 11.8 Å². The fourth-order valence-corrected chi connectivity index (χ4v) is 4.35. The van der Waals surface area contributed by atoms with Gasteiger partial charge in [0.05, 0.1) is 12.2 Å². The summed E-state index contributed by atoms with van der Waals surface area (Å²) in [6, 6.07) is 15.0. The van der Waals surface area contributed by atoms with Crippen LogP contribution in [-0.2, 0) is 4.79 Å². The van der Waals surface area contributed by atoms with Crippen molar-refractivity contribution in [2.45, 2.75) is 38.9 Å². The Hall–Kier alpha value is -3.26. The molecular formula is C24H27N5O2S. The van der Waals surface area contributed by atoms with E-state index in [1.807, 2.05) is 69.3 Å². The van der Waals surface area contributed by atoms with Gasteiger partial charge in [-0.25, -0.2) is 4.68 Å². The zero-order chi connectivity index (χ0) is 22.7. The van der Waals surface area contributed by atoms with E-state index in [4.69, 9.17) is 9.84 Å². The molecule has 2 heterocycles. The standard InChI is InChI=1S/C24H27N5O2S/c1-5-31-19-14-10-8-12-17(19)21-20(22(30)26-18-13-9-7-11-15(18)3)16(4)25-23-27-24(32-6-2)28-29(21)23/h7-14,21H,5-6H2,1-4H3,(H,26,30)(H,25,27,28)/t21-/m1/s1. The van der Waals surface area contributed by atoms with E-state index < -0.39 is 6.04 Å². The average molecular weight is 450 g/mol. The van der Waals surface area contributed by atoms with Gasteiger partial charge in [-0.3, -0.25) is 4.79 Å². The number of nitrogens with one attached hydrogen (secondary N) is 2. The van der Waals surface area contributed by atoms with Crippen molar-refractivity contribution in [2.75, 3.05) is 23.0 Å². The molecule has 4 rings (SSSR count). The van der Waals surface area contributed by atoms with Crippen LogP contribution in [0.1, 0.15) is 37.9 Å². The van der Waals surface area contributed by atoms with Crippen molar-refractivity contribution in [3.63, 3.8) is 0 Å². The van der Waals surface area contributed by atoms with Gasteiger partial charge in [-0.2, -0.15) is 4.98 Å². The van der Waals surface area contributed by atoms with Crippen molar-refractivity contribution < 1.29 is 9.53 Å². The van der Waals surface area contributed by atoms with Crippen LogP contribution in [0.5, 0.6) is 5.75 Å². The summed E-state index contributed by atoms with van der Waals surface area (Å²) in [5.74, 6) is 2.01. The van der Waals surface area contributed by atoms with E-state index in [1.54, 1.807) is 16.4 Å². The second-order valence-corrected chi connectivity index (χ2v) is 8.63. The number of fused-ring (bicyclic) bond motifs is 1. The zero-order valence-electron chi connectivity index (χ0n) is 18.7. The predicted molar refractivity (Wildman–Crippen MR) is 128 cm³/mol. The van der Waals surface area contributed by atoms with E-state index in [0.29, 0.717) is 23.3 Å². The summed E-state index contributed by atoms with van der Waals surface area (Å²) in [5, 5.41) is 11.8. The molecule has 0 aliphatic carbocycles. The molecule has 0 spiro atoms. The summed E-state index contributed by atoms with van der Waals surface area (Å²) in [4.78, 5) is 18.2. The van der Waals surface area contributed by atoms with Gasteiger partial charge in [-0.15, -0.1) is 5.10 Å². The largest absolute Gasteiger partial charge is 0.494 e. The molecule has 1 aliphatic rings. The zero-order valence-corrected chi connectivity index (χ0v) is 19.5. The van der Waals surface area contributed by atoms with Gasteiger partial charge in [0, 0.05) is 16.9 Å². The SMILES string of the molecule is CCOc1ccccc1[C@@H]1C(C(=O)Nc2ccccc2C)=C(C)Nc2nc(SCC)nn21. The van der Waals surface area contributed by atoms with Crippen LogP contribution in [0.2, 0.25) is 0 Å². The molecular weight excluding hydrogens is 422 g/mol. The Morgan fingerprint density at radius 1 is 1.16 bits per heavy atom. The summed E-state index contributed by atoms with van der Waals surface area (Å²) in [5.41, 5.74) is 3.95. The monoisotopic (exact) mass is 449 g/mol. The van der Waals surface area contributed by atoms with E-state index >= 15 is 0 Å². The van der Waals surface area contributed by atoms with E-state index in [9.17, 15) is 4.79 Å². The first kappa shape index (κ1) is 22.0. The van der Waals surface area contributed by atoms with Crippen LogP contribution in [0.15, 0.2) is 65.0 Å². The average Bonchev–Trinajstić information content (AvgIpc) is 3.17. The van der Waals surface area contributed by atoms with Crippen LogP contribution in [-0.4, -0.2) is 33.0 Å². The van der Waals surface area contributed by atoms with Gasteiger partial charge in [-0.05, 0) is 44.2 Å². The van der Waals surface area contributed by atoms with Gasteiger partial charge in [0.2, 0.25) is 11.1 Å². The first-order chi connectivity index (χ1) is 15.5. The molecule has 8 heteroatoms. The van der Waals surface area contributed by atoms with Gasteiger partial charge < -0.3 is 15.4 Å². The van der Waals surface area contributed by atoms with E-state index in [2.05, 4.69) is 22.5 Å². The maximum absolute atomic E-state index is 13.6. The fourth-order valence-electron chi connectivity index (χ4n) is 3.80. The van der Waals surface area contributed by atoms with Crippen LogP contribution in [0.3, 0.4) is 0 Å². The van der Waals surface area contributed by atoms with Crippen molar-refractivity contribution >= 4 is 29.3 Å². The lowest BCUT2D eigenvalue weighted by molar-refractivity contribution is -0.113. The Bertz CT molecular complexity index is 1170. The van der Waals surface area contributed by atoms with Gasteiger partial charge >= 0.3 is 0 Å². The topological polar surface area (TPSA) is 81.1 Å². The summed E-state index contributed by atoms with van der Waals surface area (Å²) >= 11 is 1.56. The smallest absolute Gasteiger partial charge is 0.255 e. The molecule has 1 aromatic heterocycles. The number of benzene rings is 2. The van der Waals surface area contributed by atoms with E-state index in [1.165, 1.54) is 0 Å². The van der Waals surface area contributed by atoms with Crippen LogP contribution < -0.4 is 15.4 Å². The van der Waals surface area contributed by atoms with Gasteiger partial charge in [0.15, 0.2) is 0 Å². The molecule has 1 atom stereocenters. The summed E-state index contributed by atoms with van der Waals surface area (Å²) in [7, 11) is 0. The molecule has 3 aromatic rings. The maximum Gasteiger partial charge on any atom is 0.255 e. The minimum atomic E-state index is -0.475. The number of hydrogen-bond acceptors (Lipinski definition) is 6. The molecule has 2 aromatic carbocycles. The van der Waals surface area contributed by atoms with Crippen molar-refractivity contribution in [3.05, 3.63) is 70.9 Å². The number of amides is 1. The molecule has 166 valence electrons. The molecule has 0 fully saturated rings. The number of rotatable bonds is 7. The van der Waals surface area contributed by atoms with Crippen molar-refractivity contribution in [1.29, 1.82) is 0 Å². The number of anilines is 2. The maximum atomic E-state index is 13.6. The number of aryl methyl sites for hydroxylation is 1. The lowest BCUT2D eigenvalue weighted by Gasteiger charge is -2.29. The molecule has 0 saturated heterocycles. The predicted octanol–water partition coefficient (Wildman–Crippen LogP) is 5.02. The Labute approximate surface area is 192 Å². The minimum absolute atomic E-state index is 0.188. The molecule has 0 bridgehead atoms. The van der Waals surface area contributed by atoms with Crippen LogP contribution in [0.25, 0.3) is 0 Å². The van der Waals surface area contributed by atoms with Crippen LogP contribution in [0.4, 0.5) is 11.6 Å². The minimum Gasteiger partial charge on any atom is -0.494 e. The number of thioether (sulfide) groups is 1. The quantitative estimate of drug-likeness (QED) is 0.493. The highest BCUT2D eigenvalue weighted by Gasteiger charge is 2.36. The first-order valence-corrected chi connectivity index (χ1v) is 11.7. The van der Waals surface area contributed by atoms with Gasteiger partial charge in [-0.1, -0.05) is 55.1 Å². The Kier molecular flexibility index (Phi) is 6.50. The number of hydrogen-bond donors (Lipinski definition) is 2. The number of para-hydroxylation sites is 2. The third-order valence-electron chi connectivity index (χ3n) is 5.26. The van der Waals surface area contributed by atoms with Crippen molar-refractivity contribution in [1.82, 2.24) is 14.8 Å².